The summed E-state index contributed by atoms with van der Waals surface area (Å²) >= 11 is 1.69. The molecule has 3 aromatic rings. The number of benzene rings is 1. The average molecular weight is 332 g/mol. The van der Waals surface area contributed by atoms with Crippen molar-refractivity contribution in [3.05, 3.63) is 53.4 Å². The van der Waals surface area contributed by atoms with Crippen molar-refractivity contribution < 1.29 is 14.3 Å². The summed E-state index contributed by atoms with van der Waals surface area (Å²) in [5.41, 5.74) is 1.03. The molecule has 1 unspecified atom stereocenters. The normalized spacial score (nSPS) is 13.0. The second kappa shape index (κ2) is 7.70. The number of furan rings is 1. The van der Waals surface area contributed by atoms with Crippen molar-refractivity contribution in [1.29, 1.82) is 0 Å². The number of hydrogen-bond donors (Lipinski definition) is 1. The van der Waals surface area contributed by atoms with Crippen LogP contribution in [0.1, 0.15) is 10.8 Å². The summed E-state index contributed by atoms with van der Waals surface area (Å²) in [4.78, 5) is 6.66. The highest BCUT2D eigenvalue weighted by Crippen LogP contribution is 2.22. The number of fused-ring (bicyclic) bond motifs is 1. The SMILES string of the molecule is CN(Cc1nc2ccccc2s1)CC(O)COCc1ccco1. The first kappa shape index (κ1) is 16.1. The number of aliphatic hydroxyl groups excluding tert-OH is 1. The minimum Gasteiger partial charge on any atom is -0.467 e. The maximum atomic E-state index is 10.1. The van der Waals surface area contributed by atoms with Crippen molar-refractivity contribution >= 4 is 21.6 Å². The van der Waals surface area contributed by atoms with E-state index in [1.807, 2.05) is 37.4 Å². The number of rotatable bonds is 8. The highest BCUT2D eigenvalue weighted by molar-refractivity contribution is 7.18. The van der Waals surface area contributed by atoms with Gasteiger partial charge in [0, 0.05) is 6.54 Å². The van der Waals surface area contributed by atoms with Crippen molar-refractivity contribution in [1.82, 2.24) is 9.88 Å². The molecule has 0 aliphatic rings. The highest BCUT2D eigenvalue weighted by Gasteiger charge is 2.11. The van der Waals surface area contributed by atoms with Crippen molar-refractivity contribution in [3.63, 3.8) is 0 Å². The highest BCUT2D eigenvalue weighted by atomic mass is 32.1. The fourth-order valence-corrected chi connectivity index (χ4v) is 3.43. The summed E-state index contributed by atoms with van der Waals surface area (Å²) in [6, 6.07) is 11.8. The van der Waals surface area contributed by atoms with E-state index in [2.05, 4.69) is 16.0 Å². The molecule has 0 amide bonds. The smallest absolute Gasteiger partial charge is 0.129 e. The first-order chi connectivity index (χ1) is 11.2. The zero-order valence-electron chi connectivity index (χ0n) is 13.0. The van der Waals surface area contributed by atoms with Crippen LogP contribution >= 0.6 is 11.3 Å². The fourth-order valence-electron chi connectivity index (χ4n) is 2.39. The second-order valence-corrected chi connectivity index (χ2v) is 6.64. The van der Waals surface area contributed by atoms with Crippen LogP contribution in [0.25, 0.3) is 10.2 Å². The summed E-state index contributed by atoms with van der Waals surface area (Å²) < 4.78 is 11.8. The summed E-state index contributed by atoms with van der Waals surface area (Å²) in [5.74, 6) is 0.764. The first-order valence-electron chi connectivity index (χ1n) is 7.52. The van der Waals surface area contributed by atoms with Crippen molar-refractivity contribution in [2.45, 2.75) is 19.3 Å². The molecule has 1 atom stereocenters. The fraction of sp³-hybridized carbons (Fsp3) is 0.353. The predicted octanol–water partition coefficient (Wildman–Crippen LogP) is 2.90. The Balaban J connectivity index is 1.43. The molecule has 23 heavy (non-hydrogen) atoms. The first-order valence-corrected chi connectivity index (χ1v) is 8.33. The van der Waals surface area contributed by atoms with E-state index in [1.165, 1.54) is 4.70 Å². The summed E-state index contributed by atoms with van der Waals surface area (Å²) in [7, 11) is 1.97. The molecule has 0 aliphatic heterocycles. The predicted molar refractivity (Wildman–Crippen MR) is 90.3 cm³/mol. The molecule has 0 saturated heterocycles. The lowest BCUT2D eigenvalue weighted by atomic mass is 10.3. The lowest BCUT2D eigenvalue weighted by Gasteiger charge is -2.19. The van der Waals surface area contributed by atoms with Gasteiger partial charge in [0.25, 0.3) is 0 Å². The van der Waals surface area contributed by atoms with E-state index in [0.29, 0.717) is 19.7 Å². The molecule has 0 bridgehead atoms. The van der Waals surface area contributed by atoms with Crippen LogP contribution in [-0.2, 0) is 17.9 Å². The Bertz CT molecular complexity index is 693. The van der Waals surface area contributed by atoms with E-state index >= 15 is 0 Å². The molecule has 6 heteroatoms. The van der Waals surface area contributed by atoms with Gasteiger partial charge < -0.3 is 14.3 Å². The molecule has 0 radical (unpaired) electrons. The Labute approximate surface area is 139 Å². The number of thiazole rings is 1. The zero-order chi connectivity index (χ0) is 16.1. The van der Waals surface area contributed by atoms with E-state index in [-0.39, 0.29) is 6.61 Å². The molecule has 1 aromatic carbocycles. The van der Waals surface area contributed by atoms with Gasteiger partial charge in [-0.25, -0.2) is 4.98 Å². The van der Waals surface area contributed by atoms with Crippen LogP contribution in [-0.4, -0.2) is 41.3 Å². The molecule has 2 heterocycles. The van der Waals surface area contributed by atoms with Crippen molar-refractivity contribution in [2.24, 2.45) is 0 Å². The third kappa shape index (κ3) is 4.62. The van der Waals surface area contributed by atoms with Gasteiger partial charge in [-0.05, 0) is 31.3 Å². The van der Waals surface area contributed by atoms with Gasteiger partial charge in [-0.3, -0.25) is 4.90 Å². The third-order valence-electron chi connectivity index (χ3n) is 3.40. The number of nitrogens with zero attached hydrogens (tertiary/aromatic N) is 2. The van der Waals surface area contributed by atoms with Crippen LogP contribution in [0.3, 0.4) is 0 Å². The quantitative estimate of drug-likeness (QED) is 0.687. The lowest BCUT2D eigenvalue weighted by molar-refractivity contribution is 0.00768. The number of ether oxygens (including phenoxy) is 1. The van der Waals surface area contributed by atoms with Gasteiger partial charge >= 0.3 is 0 Å². The van der Waals surface area contributed by atoms with Crippen LogP contribution < -0.4 is 0 Å². The molecule has 0 fully saturated rings. The number of likely N-dealkylation sites (N-methyl/N-ethyl adjacent to an activating group) is 1. The van der Waals surface area contributed by atoms with E-state index in [1.54, 1.807) is 17.6 Å². The Hall–Kier alpha value is -1.73. The maximum Gasteiger partial charge on any atom is 0.129 e. The van der Waals surface area contributed by atoms with Gasteiger partial charge in [0.05, 0.1) is 35.7 Å². The lowest BCUT2D eigenvalue weighted by Crippen LogP contribution is -2.31. The number of para-hydroxylation sites is 1. The van der Waals surface area contributed by atoms with Crippen LogP contribution in [0.15, 0.2) is 47.1 Å². The summed E-state index contributed by atoms with van der Waals surface area (Å²) in [6.45, 7) is 1.92. The van der Waals surface area contributed by atoms with Gasteiger partial charge in [0.1, 0.15) is 17.4 Å². The Morgan fingerprint density at radius 1 is 1.30 bits per heavy atom. The van der Waals surface area contributed by atoms with Gasteiger partial charge in [-0.15, -0.1) is 11.3 Å². The molecule has 0 aliphatic carbocycles. The Morgan fingerprint density at radius 3 is 2.96 bits per heavy atom. The molecule has 0 saturated carbocycles. The average Bonchev–Trinajstić information content (AvgIpc) is 3.15. The number of aliphatic hydroxyl groups is 1. The van der Waals surface area contributed by atoms with Crippen LogP contribution in [0.4, 0.5) is 0 Å². The topological polar surface area (TPSA) is 58.7 Å². The largest absolute Gasteiger partial charge is 0.467 e. The van der Waals surface area contributed by atoms with Gasteiger partial charge in [0.2, 0.25) is 0 Å². The van der Waals surface area contributed by atoms with Crippen molar-refractivity contribution in [3.8, 4) is 0 Å². The maximum absolute atomic E-state index is 10.1. The third-order valence-corrected chi connectivity index (χ3v) is 4.42. The molecule has 2 aromatic heterocycles. The van der Waals surface area contributed by atoms with Crippen LogP contribution in [0.2, 0.25) is 0 Å². The molecule has 1 N–H and O–H groups in total. The van der Waals surface area contributed by atoms with E-state index in [4.69, 9.17) is 9.15 Å². The Morgan fingerprint density at radius 2 is 2.17 bits per heavy atom. The molecule has 0 spiro atoms. The molecule has 5 nitrogen and oxygen atoms in total. The van der Waals surface area contributed by atoms with Crippen molar-refractivity contribution in [2.75, 3.05) is 20.2 Å². The molecular weight excluding hydrogens is 312 g/mol. The van der Waals surface area contributed by atoms with E-state index in [0.717, 1.165) is 16.3 Å². The van der Waals surface area contributed by atoms with E-state index < -0.39 is 6.10 Å². The minimum atomic E-state index is -0.538. The molecule has 3 rings (SSSR count). The minimum absolute atomic E-state index is 0.283. The zero-order valence-corrected chi connectivity index (χ0v) is 13.8. The van der Waals surface area contributed by atoms with Gasteiger partial charge in [-0.2, -0.15) is 0 Å². The van der Waals surface area contributed by atoms with Gasteiger partial charge in [-0.1, -0.05) is 12.1 Å². The number of aromatic nitrogens is 1. The molecule has 122 valence electrons. The Kier molecular flexibility index (Phi) is 5.40. The summed E-state index contributed by atoms with van der Waals surface area (Å²) in [6.07, 6.45) is 1.07. The van der Waals surface area contributed by atoms with E-state index in [9.17, 15) is 5.11 Å². The summed E-state index contributed by atoms with van der Waals surface area (Å²) in [5, 5.41) is 11.1. The standard InChI is InChI=1S/C17H20N2O3S/c1-19(9-13(20)11-21-12-14-5-4-8-22-14)10-17-18-15-6-2-3-7-16(15)23-17/h2-8,13,20H,9-12H2,1H3. The van der Waals surface area contributed by atoms with Crippen LogP contribution in [0, 0.1) is 0 Å². The molecular formula is C17H20N2O3S. The number of hydrogen-bond acceptors (Lipinski definition) is 6. The monoisotopic (exact) mass is 332 g/mol. The van der Waals surface area contributed by atoms with Crippen LogP contribution in [0.5, 0.6) is 0 Å². The van der Waals surface area contributed by atoms with Gasteiger partial charge in [0.15, 0.2) is 0 Å². The second-order valence-electron chi connectivity index (χ2n) is 5.52.